The molecule has 6 atom stereocenters. The molecule has 0 spiro atoms. The van der Waals surface area contributed by atoms with E-state index in [2.05, 4.69) is 20.9 Å². The first kappa shape index (κ1) is 78.8. The normalized spacial score (nSPS) is 17.8. The number of nitrogens with one attached hydrogen (secondary N) is 3. The van der Waals surface area contributed by atoms with E-state index in [1.165, 1.54) is 60.7 Å². The van der Waals surface area contributed by atoms with Gasteiger partial charge in [-0.05, 0) is 153 Å². The smallest absolute Gasteiger partial charge is 0.545 e. The van der Waals surface area contributed by atoms with E-state index in [4.69, 9.17) is 0 Å². The van der Waals surface area contributed by atoms with Crippen LogP contribution in [0.25, 0.3) is 0 Å². The molecule has 9 rings (SSSR count). The van der Waals surface area contributed by atoms with Crippen LogP contribution in [0.1, 0.15) is 172 Å². The molecular formula is C68H72F7Li3N6O9. The summed E-state index contributed by atoms with van der Waals surface area (Å²) in [5.74, 6) is -4.48. The molecule has 0 radical (unpaired) electrons. The number of likely N-dealkylation sites (tertiary alicyclic amines) is 3. The summed E-state index contributed by atoms with van der Waals surface area (Å²) in [5, 5.41) is 41.5. The van der Waals surface area contributed by atoms with Crippen molar-refractivity contribution < 1.29 is 131 Å². The molecule has 3 heterocycles. The predicted molar refractivity (Wildman–Crippen MR) is 315 cm³/mol. The molecule has 3 amide bonds. The number of halogens is 7. The molecule has 15 nitrogen and oxygen atoms in total. The van der Waals surface area contributed by atoms with Crippen LogP contribution < -0.4 is 87.9 Å². The van der Waals surface area contributed by atoms with Crippen LogP contribution >= 0.6 is 0 Å². The van der Waals surface area contributed by atoms with Crippen LogP contribution in [-0.2, 0) is 46.4 Å². The molecule has 3 aliphatic rings. The molecule has 0 bridgehead atoms. The fourth-order valence-electron chi connectivity index (χ4n) is 11.4. The van der Waals surface area contributed by atoms with Crippen molar-refractivity contribution in [1.82, 2.24) is 30.7 Å². The summed E-state index contributed by atoms with van der Waals surface area (Å²) in [4.78, 5) is 77.3. The second-order valence-corrected chi connectivity index (χ2v) is 22.9. The quantitative estimate of drug-likeness (QED) is 0.0769. The monoisotopic (exact) mass is 1270 g/mol. The van der Waals surface area contributed by atoms with Crippen LogP contribution in [0.3, 0.4) is 0 Å². The topological polar surface area (TPSA) is 217 Å². The summed E-state index contributed by atoms with van der Waals surface area (Å²) in [5.41, 5.74) is 3.03. The Kier molecular flexibility index (Phi) is 31.2. The van der Waals surface area contributed by atoms with Crippen molar-refractivity contribution in [3.8, 4) is 0 Å². The summed E-state index contributed by atoms with van der Waals surface area (Å²) in [6.45, 7) is 8.57. The summed E-state index contributed by atoms with van der Waals surface area (Å²) in [7, 11) is 0. The van der Waals surface area contributed by atoms with Crippen molar-refractivity contribution in [1.29, 1.82) is 0 Å². The van der Waals surface area contributed by atoms with E-state index < -0.39 is 53.5 Å². The van der Waals surface area contributed by atoms with Gasteiger partial charge in [-0.2, -0.15) is 26.3 Å². The van der Waals surface area contributed by atoms with Gasteiger partial charge in [-0.3, -0.25) is 29.1 Å². The number of rotatable bonds is 18. The molecule has 0 aromatic heterocycles. The average molecular weight is 1270 g/mol. The summed E-state index contributed by atoms with van der Waals surface area (Å²) in [6, 6.07) is 33.3. The van der Waals surface area contributed by atoms with Gasteiger partial charge in [-0.15, -0.1) is 0 Å². The van der Waals surface area contributed by atoms with E-state index in [1.54, 1.807) is 68.4 Å². The fraction of sp³-hybridized carbons (Fsp3) is 0.382. The van der Waals surface area contributed by atoms with Crippen LogP contribution in [0.15, 0.2) is 146 Å². The molecule has 6 aromatic rings. The van der Waals surface area contributed by atoms with Gasteiger partial charge in [-0.1, -0.05) is 141 Å². The van der Waals surface area contributed by atoms with Gasteiger partial charge in [0.15, 0.2) is 0 Å². The maximum absolute atomic E-state index is 13.5. The molecule has 3 fully saturated rings. The Balaban J connectivity index is 0.000000293. The zero-order valence-corrected chi connectivity index (χ0v) is 53.1. The first-order chi connectivity index (χ1) is 42.7. The fourth-order valence-corrected chi connectivity index (χ4v) is 11.4. The number of amides is 3. The standard InChI is InChI=1S/2C23H25F3N2O3.C22H25FN2O3.3Li/c2*1-15(17-8-10-18(11-9-17)22(30)31)27-21(29)20-7-2-3-12-28(20)14-16-5-4-6-19(13-16)23(24,25)26;1-15(17-8-10-18(11-9-17)22(27)28)24-21(26)20-7-2-3-12-25(20)14-16-5-4-6-19(23)13-16;;;/h2*4-6,8-11,13,15,20H,2-3,7,12,14H2,1H3,(H,27,29)(H,30,31);4-6,8-11,13,15,20H,2-3,7,12,14H2,1H3,(H,24,26)(H,27,28);;;/q;;;3*+1/p-3/t15-,20?;2*15-,20+;;;/m000.../s1. The van der Waals surface area contributed by atoms with Gasteiger partial charge < -0.3 is 45.7 Å². The van der Waals surface area contributed by atoms with Crippen LogP contribution in [0.4, 0.5) is 30.7 Å². The molecule has 6 aromatic carbocycles. The molecule has 3 N–H and O–H groups in total. The second-order valence-electron chi connectivity index (χ2n) is 22.9. The number of alkyl halides is 6. The van der Waals surface area contributed by atoms with Gasteiger partial charge in [-0.25, -0.2) is 4.39 Å². The minimum Gasteiger partial charge on any atom is -0.545 e. The van der Waals surface area contributed by atoms with Gasteiger partial charge in [0.05, 0.1) is 65.3 Å². The van der Waals surface area contributed by atoms with Crippen LogP contribution in [0.2, 0.25) is 0 Å². The van der Waals surface area contributed by atoms with Crippen LogP contribution in [-0.4, -0.2) is 88.1 Å². The zero-order valence-electron chi connectivity index (χ0n) is 53.1. The number of nitrogens with zero attached hydrogens (tertiary/aromatic N) is 3. The number of carbonyl (C=O) groups excluding carboxylic acids is 6. The largest absolute Gasteiger partial charge is 1.00 e. The van der Waals surface area contributed by atoms with Gasteiger partial charge in [0.2, 0.25) is 17.7 Å². The Labute approximate surface area is 573 Å². The molecule has 1 unspecified atom stereocenters. The van der Waals surface area contributed by atoms with Crippen molar-refractivity contribution in [2.75, 3.05) is 19.6 Å². The number of aromatic carboxylic acids is 3. The maximum atomic E-state index is 13.5. The Morgan fingerprint density at radius 3 is 0.946 bits per heavy atom. The summed E-state index contributed by atoms with van der Waals surface area (Å²) < 4.78 is 91.5. The van der Waals surface area contributed by atoms with Crippen molar-refractivity contribution in [3.63, 3.8) is 0 Å². The van der Waals surface area contributed by atoms with E-state index in [0.717, 1.165) is 98.0 Å². The SMILES string of the molecule is C[C@H](NC(=O)C1CCCCN1Cc1cccc(C(F)(F)F)c1)c1ccc(C(=O)[O-])cc1.C[C@H](NC(=O)[C@H]1CCCCN1Cc1cccc(C(F)(F)F)c1)c1ccc(C(=O)[O-])cc1.C[C@H](NC(=O)[C@H]1CCCCN1Cc1cccc(F)c1)c1ccc(C(=O)[O-])cc1.[Li+].[Li+].[Li+]. The number of piperidine rings is 3. The van der Waals surface area contributed by atoms with Gasteiger partial charge in [0, 0.05) is 19.6 Å². The Morgan fingerprint density at radius 2 is 0.688 bits per heavy atom. The number of hydrogen-bond donors (Lipinski definition) is 3. The third-order valence-corrected chi connectivity index (χ3v) is 16.3. The molecular weight excluding hydrogens is 1200 g/mol. The molecule has 3 aliphatic heterocycles. The van der Waals surface area contributed by atoms with Crippen molar-refractivity contribution >= 4 is 35.6 Å². The van der Waals surface area contributed by atoms with Crippen molar-refractivity contribution in [2.24, 2.45) is 0 Å². The zero-order chi connectivity index (χ0) is 65.3. The molecule has 93 heavy (non-hydrogen) atoms. The Morgan fingerprint density at radius 1 is 0.419 bits per heavy atom. The first-order valence-corrected chi connectivity index (χ1v) is 29.9. The van der Waals surface area contributed by atoms with Crippen molar-refractivity contribution in [3.05, 3.63) is 213 Å². The number of carboxylic acid groups (broad SMARTS) is 3. The summed E-state index contributed by atoms with van der Waals surface area (Å²) in [6.07, 6.45) is -1.32. The van der Waals surface area contributed by atoms with Crippen LogP contribution in [0.5, 0.6) is 0 Å². The maximum Gasteiger partial charge on any atom is 1.00 e. The molecule has 0 aliphatic carbocycles. The Hall–Kier alpha value is -6.68. The van der Waals surface area contributed by atoms with E-state index >= 15 is 0 Å². The van der Waals surface area contributed by atoms with E-state index in [1.807, 2.05) is 22.8 Å². The van der Waals surface area contributed by atoms with Gasteiger partial charge in [0.1, 0.15) is 5.82 Å². The molecule has 3 saturated heterocycles. The Bertz CT molecular complexity index is 3270. The van der Waals surface area contributed by atoms with E-state index in [0.29, 0.717) is 43.6 Å². The van der Waals surface area contributed by atoms with Gasteiger partial charge in [0.25, 0.3) is 0 Å². The predicted octanol–water partition coefficient (Wildman–Crippen LogP) is 0.0347. The number of hydrogen-bond acceptors (Lipinski definition) is 12. The first-order valence-electron chi connectivity index (χ1n) is 29.9. The van der Waals surface area contributed by atoms with Gasteiger partial charge >= 0.3 is 68.9 Å². The minimum atomic E-state index is -4.41. The van der Waals surface area contributed by atoms with E-state index in [-0.39, 0.29) is 134 Å². The number of carbonyl (C=O) groups is 6. The van der Waals surface area contributed by atoms with Crippen molar-refractivity contribution in [2.45, 2.75) is 147 Å². The van der Waals surface area contributed by atoms with E-state index in [9.17, 15) is 74.8 Å². The summed E-state index contributed by atoms with van der Waals surface area (Å²) >= 11 is 0. The molecule has 480 valence electrons. The van der Waals surface area contributed by atoms with Crippen LogP contribution in [0, 0.1) is 5.82 Å². The number of benzene rings is 6. The minimum absolute atomic E-state index is 0. The molecule has 0 saturated carbocycles. The second kappa shape index (κ2) is 36.8. The average Bonchev–Trinajstić information content (AvgIpc) is 1.09. The number of carboxylic acids is 3. The molecule has 25 heteroatoms. The third-order valence-electron chi connectivity index (χ3n) is 16.3. The third kappa shape index (κ3) is 23.6.